The first-order valence-electron chi connectivity index (χ1n) is 10.5. The summed E-state index contributed by atoms with van der Waals surface area (Å²) in [5.74, 6) is 0.426. The van der Waals surface area contributed by atoms with Crippen LogP contribution in [0.3, 0.4) is 0 Å². The van der Waals surface area contributed by atoms with Crippen molar-refractivity contribution in [3.05, 3.63) is 70.8 Å². The van der Waals surface area contributed by atoms with E-state index < -0.39 is 0 Å². The van der Waals surface area contributed by atoms with E-state index in [4.69, 9.17) is 10.5 Å². The Morgan fingerprint density at radius 1 is 1.11 bits per heavy atom. The van der Waals surface area contributed by atoms with Crippen molar-refractivity contribution >= 4 is 5.91 Å². The molecule has 4 rings (SSSR count). The predicted octanol–water partition coefficient (Wildman–Crippen LogP) is 3.60. The molecule has 4 nitrogen and oxygen atoms in total. The second-order valence-corrected chi connectivity index (χ2v) is 8.10. The quantitative estimate of drug-likeness (QED) is 0.836. The van der Waals surface area contributed by atoms with Crippen LogP contribution in [-0.2, 0) is 22.4 Å². The van der Waals surface area contributed by atoms with E-state index in [0.717, 1.165) is 44.6 Å². The lowest BCUT2D eigenvalue weighted by molar-refractivity contribution is -0.117. The molecule has 2 aromatic rings. The van der Waals surface area contributed by atoms with Gasteiger partial charge in [0.25, 0.3) is 0 Å². The van der Waals surface area contributed by atoms with Gasteiger partial charge in [0.2, 0.25) is 5.91 Å². The lowest BCUT2D eigenvalue weighted by atomic mass is 9.89. The molecule has 1 atom stereocenters. The van der Waals surface area contributed by atoms with Gasteiger partial charge in [-0.15, -0.1) is 0 Å². The monoisotopic (exact) mass is 378 g/mol. The zero-order chi connectivity index (χ0) is 19.3. The summed E-state index contributed by atoms with van der Waals surface area (Å²) in [5, 5.41) is 0. The number of hydrogen-bond acceptors (Lipinski definition) is 3. The summed E-state index contributed by atoms with van der Waals surface area (Å²) >= 11 is 0. The zero-order valence-corrected chi connectivity index (χ0v) is 16.5. The summed E-state index contributed by atoms with van der Waals surface area (Å²) in [6.45, 7) is 4.16. The molecule has 2 aliphatic rings. The van der Waals surface area contributed by atoms with Crippen molar-refractivity contribution in [3.63, 3.8) is 0 Å². The molecule has 1 saturated heterocycles. The molecule has 0 aromatic heterocycles. The summed E-state index contributed by atoms with van der Waals surface area (Å²) in [4.78, 5) is 13.8. The Morgan fingerprint density at radius 3 is 2.64 bits per heavy atom. The first-order valence-corrected chi connectivity index (χ1v) is 10.5. The molecule has 0 aliphatic carbocycles. The number of carbonyl (C=O) groups excluding carboxylic acids is 1. The second-order valence-electron chi connectivity index (χ2n) is 8.10. The van der Waals surface area contributed by atoms with Gasteiger partial charge in [-0.2, -0.15) is 0 Å². The Hall–Kier alpha value is -2.17. The number of benzene rings is 2. The maximum absolute atomic E-state index is 11.2. The maximum Gasteiger partial charge on any atom is 0.221 e. The van der Waals surface area contributed by atoms with E-state index in [1.807, 2.05) is 6.07 Å². The molecule has 1 amide bonds. The predicted molar refractivity (Wildman–Crippen MR) is 111 cm³/mol. The average Bonchev–Trinajstić information content (AvgIpc) is 2.72. The molecule has 2 heterocycles. The van der Waals surface area contributed by atoms with E-state index in [1.54, 1.807) is 0 Å². The molecule has 2 aliphatic heterocycles. The molecule has 0 spiro atoms. The number of nitrogens with two attached hydrogens (primary N) is 1. The number of primary amides is 1. The van der Waals surface area contributed by atoms with Gasteiger partial charge in [-0.25, -0.2) is 0 Å². The van der Waals surface area contributed by atoms with Gasteiger partial charge in [-0.3, -0.25) is 4.79 Å². The third kappa shape index (κ3) is 4.62. The molecule has 0 bridgehead atoms. The van der Waals surface area contributed by atoms with Gasteiger partial charge in [0, 0.05) is 6.54 Å². The van der Waals surface area contributed by atoms with Gasteiger partial charge >= 0.3 is 0 Å². The third-order valence-corrected chi connectivity index (χ3v) is 6.19. The van der Waals surface area contributed by atoms with E-state index in [1.165, 1.54) is 29.5 Å². The van der Waals surface area contributed by atoms with E-state index in [-0.39, 0.29) is 12.0 Å². The summed E-state index contributed by atoms with van der Waals surface area (Å²) in [7, 11) is 0. The van der Waals surface area contributed by atoms with Crippen molar-refractivity contribution in [3.8, 4) is 0 Å². The first-order chi connectivity index (χ1) is 13.7. The van der Waals surface area contributed by atoms with Gasteiger partial charge in [0.15, 0.2) is 0 Å². The van der Waals surface area contributed by atoms with Crippen molar-refractivity contribution in [2.75, 3.05) is 26.2 Å². The van der Waals surface area contributed by atoms with Crippen LogP contribution in [0.4, 0.5) is 0 Å². The molecule has 1 fully saturated rings. The minimum absolute atomic E-state index is 0.165. The van der Waals surface area contributed by atoms with Crippen LogP contribution < -0.4 is 5.73 Å². The summed E-state index contributed by atoms with van der Waals surface area (Å²) in [5.41, 5.74) is 10.4. The SMILES string of the molecule is NC(=O)Cc1ccc2c(c1)CCOC2CCN1CCC(c2ccccc2)CC1. The van der Waals surface area contributed by atoms with Crippen LogP contribution in [0.15, 0.2) is 48.5 Å². The molecule has 148 valence electrons. The summed E-state index contributed by atoms with van der Waals surface area (Å²) in [6.07, 6.45) is 4.90. The van der Waals surface area contributed by atoms with Crippen LogP contribution in [0, 0.1) is 0 Å². The highest BCUT2D eigenvalue weighted by molar-refractivity contribution is 5.76. The fourth-order valence-electron chi connectivity index (χ4n) is 4.66. The van der Waals surface area contributed by atoms with Crippen LogP contribution in [0.1, 0.15) is 53.5 Å². The highest BCUT2D eigenvalue weighted by atomic mass is 16.5. The van der Waals surface area contributed by atoms with E-state index in [9.17, 15) is 4.79 Å². The standard InChI is InChI=1S/C24H30N2O2/c25-24(27)17-18-6-7-22-21(16-18)11-15-28-23(22)10-14-26-12-8-20(9-13-26)19-4-2-1-3-5-19/h1-7,16,20,23H,8-15,17H2,(H2,25,27). The molecule has 2 N–H and O–H groups in total. The molecule has 28 heavy (non-hydrogen) atoms. The van der Waals surface area contributed by atoms with Crippen molar-refractivity contribution in [1.82, 2.24) is 4.90 Å². The topological polar surface area (TPSA) is 55.6 Å². The van der Waals surface area contributed by atoms with Gasteiger partial charge in [0.1, 0.15) is 0 Å². The summed E-state index contributed by atoms with van der Waals surface area (Å²) < 4.78 is 6.09. The average molecular weight is 379 g/mol. The fourth-order valence-corrected chi connectivity index (χ4v) is 4.66. The number of nitrogens with zero attached hydrogens (tertiary/aromatic N) is 1. The Bertz CT molecular complexity index is 798. The van der Waals surface area contributed by atoms with Crippen molar-refractivity contribution in [2.45, 2.75) is 44.1 Å². The maximum atomic E-state index is 11.2. The lowest BCUT2D eigenvalue weighted by Crippen LogP contribution is -2.34. The smallest absolute Gasteiger partial charge is 0.221 e. The molecule has 0 saturated carbocycles. The van der Waals surface area contributed by atoms with E-state index >= 15 is 0 Å². The largest absolute Gasteiger partial charge is 0.373 e. The third-order valence-electron chi connectivity index (χ3n) is 6.19. The highest BCUT2D eigenvalue weighted by Crippen LogP contribution is 2.32. The number of likely N-dealkylation sites (tertiary alicyclic amines) is 1. The Kier molecular flexibility index (Phi) is 6.08. The van der Waals surface area contributed by atoms with Crippen LogP contribution in [0.5, 0.6) is 0 Å². The molecular formula is C24H30N2O2. The number of hydrogen-bond donors (Lipinski definition) is 1. The molecular weight excluding hydrogens is 348 g/mol. The molecule has 0 radical (unpaired) electrons. The van der Waals surface area contributed by atoms with E-state index in [0.29, 0.717) is 12.3 Å². The van der Waals surface area contributed by atoms with Crippen molar-refractivity contribution < 1.29 is 9.53 Å². The highest BCUT2D eigenvalue weighted by Gasteiger charge is 2.24. The van der Waals surface area contributed by atoms with Crippen molar-refractivity contribution in [1.29, 1.82) is 0 Å². The van der Waals surface area contributed by atoms with Crippen LogP contribution >= 0.6 is 0 Å². The molecule has 1 unspecified atom stereocenters. The lowest BCUT2D eigenvalue weighted by Gasteiger charge is -2.34. The minimum atomic E-state index is -0.275. The number of amides is 1. The summed E-state index contributed by atoms with van der Waals surface area (Å²) in [6, 6.07) is 17.2. The number of carbonyl (C=O) groups is 1. The van der Waals surface area contributed by atoms with Gasteiger partial charge < -0.3 is 15.4 Å². The Labute approximate surface area is 167 Å². The minimum Gasteiger partial charge on any atom is -0.373 e. The van der Waals surface area contributed by atoms with Crippen molar-refractivity contribution in [2.24, 2.45) is 5.73 Å². The first kappa shape index (κ1) is 19.2. The van der Waals surface area contributed by atoms with Gasteiger partial charge in [-0.1, -0.05) is 48.5 Å². The fraction of sp³-hybridized carbons (Fsp3) is 0.458. The Balaban J connectivity index is 1.31. The number of fused-ring (bicyclic) bond motifs is 1. The van der Waals surface area contributed by atoms with Crippen LogP contribution in [-0.4, -0.2) is 37.0 Å². The molecule has 2 aromatic carbocycles. The van der Waals surface area contributed by atoms with Crippen LogP contribution in [0.25, 0.3) is 0 Å². The zero-order valence-electron chi connectivity index (χ0n) is 16.5. The van der Waals surface area contributed by atoms with E-state index in [2.05, 4.69) is 47.4 Å². The molecule has 4 heteroatoms. The van der Waals surface area contributed by atoms with Crippen LogP contribution in [0.2, 0.25) is 0 Å². The Morgan fingerprint density at radius 2 is 1.89 bits per heavy atom. The normalized spacial score (nSPS) is 20.6. The number of piperidine rings is 1. The van der Waals surface area contributed by atoms with Gasteiger partial charge in [-0.05, 0) is 66.9 Å². The second kappa shape index (κ2) is 8.89. The van der Waals surface area contributed by atoms with Gasteiger partial charge in [0.05, 0.1) is 19.1 Å². The number of ether oxygens (including phenoxy) is 1. The number of rotatable bonds is 6.